The number of rotatable bonds is 4. The number of amides is 1. The van der Waals surface area contributed by atoms with Gasteiger partial charge in [0.2, 0.25) is 0 Å². The van der Waals surface area contributed by atoms with E-state index in [-0.39, 0.29) is 5.56 Å². The molecular weight excluding hydrogens is 247 g/mol. The molecule has 18 heavy (non-hydrogen) atoms. The first-order valence-corrected chi connectivity index (χ1v) is 5.40. The average molecular weight is 261 g/mol. The Balaban J connectivity index is 3.05. The Morgan fingerprint density at radius 2 is 2.00 bits per heavy atom. The number of nitrogens with zero attached hydrogens (tertiary/aromatic N) is 1. The van der Waals surface area contributed by atoms with Crippen LogP contribution in [0.3, 0.4) is 0 Å². The first-order chi connectivity index (χ1) is 8.32. The third-order valence-electron chi connectivity index (χ3n) is 2.41. The number of benzene rings is 1. The zero-order chi connectivity index (χ0) is 13.9. The molecule has 0 aromatic heterocycles. The molecule has 1 N–H and O–H groups in total. The molecule has 0 fully saturated rings. The molecule has 0 unspecified atom stereocenters. The van der Waals surface area contributed by atoms with Crippen molar-refractivity contribution in [1.29, 1.82) is 0 Å². The highest BCUT2D eigenvalue weighted by molar-refractivity contribution is 5.97. The standard InChI is InChI=1S/C12H14F3NO2/c1-7(2)16(6-11(14)15)12(18)9-5-8(13)3-4-10(9)17/h3-5,7,11,17H,6H2,1-2H3. The molecule has 0 aliphatic rings. The van der Waals surface area contributed by atoms with E-state index in [4.69, 9.17) is 0 Å². The maximum atomic E-state index is 13.0. The molecular formula is C12H14F3NO2. The van der Waals surface area contributed by atoms with Crippen molar-refractivity contribution in [3.8, 4) is 5.75 Å². The molecule has 0 aliphatic heterocycles. The largest absolute Gasteiger partial charge is 0.507 e. The monoisotopic (exact) mass is 261 g/mol. The second-order valence-corrected chi connectivity index (χ2v) is 4.10. The van der Waals surface area contributed by atoms with Crippen LogP contribution in [-0.4, -0.2) is 34.9 Å². The number of phenolic OH excluding ortho intramolecular Hbond substituents is 1. The fourth-order valence-corrected chi connectivity index (χ4v) is 1.51. The SMILES string of the molecule is CC(C)N(CC(F)F)C(=O)c1cc(F)ccc1O. The van der Waals surface area contributed by atoms with E-state index in [2.05, 4.69) is 0 Å². The molecule has 3 nitrogen and oxygen atoms in total. The van der Waals surface area contributed by atoms with Crippen LogP contribution in [0, 0.1) is 5.82 Å². The summed E-state index contributed by atoms with van der Waals surface area (Å²) < 4.78 is 37.7. The summed E-state index contributed by atoms with van der Waals surface area (Å²) in [6, 6.07) is 2.36. The van der Waals surface area contributed by atoms with E-state index < -0.39 is 36.5 Å². The summed E-state index contributed by atoms with van der Waals surface area (Å²) in [5.41, 5.74) is -0.315. The summed E-state index contributed by atoms with van der Waals surface area (Å²) in [6.45, 7) is 2.37. The fourth-order valence-electron chi connectivity index (χ4n) is 1.51. The lowest BCUT2D eigenvalue weighted by atomic mass is 10.1. The molecule has 0 radical (unpaired) electrons. The van der Waals surface area contributed by atoms with Crippen LogP contribution < -0.4 is 0 Å². The fraction of sp³-hybridized carbons (Fsp3) is 0.417. The zero-order valence-electron chi connectivity index (χ0n) is 10.0. The number of phenols is 1. The van der Waals surface area contributed by atoms with Gasteiger partial charge in [0.1, 0.15) is 11.6 Å². The summed E-state index contributed by atoms with van der Waals surface area (Å²) in [5.74, 6) is -1.96. The Hall–Kier alpha value is -1.72. The maximum absolute atomic E-state index is 13.0. The second kappa shape index (κ2) is 5.75. The van der Waals surface area contributed by atoms with Gasteiger partial charge in [0.05, 0.1) is 12.1 Å². The average Bonchev–Trinajstić information content (AvgIpc) is 2.27. The third kappa shape index (κ3) is 3.38. The summed E-state index contributed by atoms with van der Waals surface area (Å²) >= 11 is 0. The van der Waals surface area contributed by atoms with Gasteiger partial charge in [-0.1, -0.05) is 0 Å². The van der Waals surface area contributed by atoms with Crippen LogP contribution in [0.25, 0.3) is 0 Å². The molecule has 0 heterocycles. The van der Waals surface area contributed by atoms with E-state index in [0.717, 1.165) is 23.1 Å². The number of hydrogen-bond acceptors (Lipinski definition) is 2. The number of carbonyl (C=O) groups is 1. The molecule has 0 bridgehead atoms. The number of hydrogen-bond donors (Lipinski definition) is 1. The second-order valence-electron chi connectivity index (χ2n) is 4.10. The minimum atomic E-state index is -2.69. The van der Waals surface area contributed by atoms with E-state index in [1.165, 1.54) is 0 Å². The maximum Gasteiger partial charge on any atom is 0.258 e. The van der Waals surface area contributed by atoms with E-state index >= 15 is 0 Å². The van der Waals surface area contributed by atoms with Crippen LogP contribution >= 0.6 is 0 Å². The van der Waals surface area contributed by atoms with E-state index in [1.54, 1.807) is 13.8 Å². The summed E-state index contributed by atoms with van der Waals surface area (Å²) in [7, 11) is 0. The molecule has 0 aliphatic carbocycles. The van der Waals surface area contributed by atoms with Gasteiger partial charge in [-0.2, -0.15) is 0 Å². The number of carbonyl (C=O) groups excluding carboxylic acids is 1. The third-order valence-corrected chi connectivity index (χ3v) is 2.41. The van der Waals surface area contributed by atoms with Crippen molar-refractivity contribution < 1.29 is 23.1 Å². The molecule has 1 aromatic carbocycles. The van der Waals surface area contributed by atoms with Crippen molar-refractivity contribution in [2.45, 2.75) is 26.3 Å². The first-order valence-electron chi connectivity index (χ1n) is 5.40. The topological polar surface area (TPSA) is 40.5 Å². The Morgan fingerprint density at radius 3 is 2.50 bits per heavy atom. The van der Waals surface area contributed by atoms with Crippen molar-refractivity contribution in [2.24, 2.45) is 0 Å². The van der Waals surface area contributed by atoms with Crippen LogP contribution in [0.1, 0.15) is 24.2 Å². The molecule has 0 saturated carbocycles. The Kier molecular flexibility index (Phi) is 4.58. The predicted octanol–water partition coefficient (Wildman–Crippen LogP) is 2.65. The van der Waals surface area contributed by atoms with Gasteiger partial charge in [-0.05, 0) is 32.0 Å². The van der Waals surface area contributed by atoms with Crippen molar-refractivity contribution in [3.05, 3.63) is 29.6 Å². The number of halogens is 3. The minimum Gasteiger partial charge on any atom is -0.507 e. The van der Waals surface area contributed by atoms with Crippen molar-refractivity contribution >= 4 is 5.91 Å². The Morgan fingerprint density at radius 1 is 1.39 bits per heavy atom. The predicted molar refractivity (Wildman–Crippen MR) is 60.2 cm³/mol. The van der Waals surface area contributed by atoms with Gasteiger partial charge in [-0.25, -0.2) is 13.2 Å². The highest BCUT2D eigenvalue weighted by atomic mass is 19.3. The highest BCUT2D eigenvalue weighted by Crippen LogP contribution is 2.21. The molecule has 6 heteroatoms. The molecule has 1 aromatic rings. The zero-order valence-corrected chi connectivity index (χ0v) is 10.0. The molecule has 0 saturated heterocycles. The molecule has 1 rings (SSSR count). The normalized spacial score (nSPS) is 11.1. The molecule has 1 amide bonds. The lowest BCUT2D eigenvalue weighted by molar-refractivity contribution is 0.0473. The number of alkyl halides is 2. The summed E-state index contributed by atoms with van der Waals surface area (Å²) in [6.07, 6.45) is -2.69. The first kappa shape index (κ1) is 14.3. The van der Waals surface area contributed by atoms with Crippen molar-refractivity contribution in [2.75, 3.05) is 6.54 Å². The lowest BCUT2D eigenvalue weighted by Gasteiger charge is -2.26. The summed E-state index contributed by atoms with van der Waals surface area (Å²) in [5, 5.41) is 9.47. The minimum absolute atomic E-state index is 0.315. The van der Waals surface area contributed by atoms with Gasteiger partial charge < -0.3 is 10.0 Å². The quantitative estimate of drug-likeness (QED) is 0.905. The van der Waals surface area contributed by atoms with E-state index in [1.807, 2.05) is 0 Å². The van der Waals surface area contributed by atoms with Crippen molar-refractivity contribution in [3.63, 3.8) is 0 Å². The van der Waals surface area contributed by atoms with Crippen LogP contribution in [0.5, 0.6) is 5.75 Å². The van der Waals surface area contributed by atoms with Crippen LogP contribution in [-0.2, 0) is 0 Å². The van der Waals surface area contributed by atoms with Gasteiger partial charge in [0.25, 0.3) is 12.3 Å². The van der Waals surface area contributed by atoms with Gasteiger partial charge >= 0.3 is 0 Å². The van der Waals surface area contributed by atoms with Gasteiger partial charge in [0, 0.05) is 6.04 Å². The molecule has 0 spiro atoms. The van der Waals surface area contributed by atoms with Crippen LogP contribution in [0.2, 0.25) is 0 Å². The molecule has 0 atom stereocenters. The van der Waals surface area contributed by atoms with Crippen LogP contribution in [0.15, 0.2) is 18.2 Å². The van der Waals surface area contributed by atoms with Gasteiger partial charge in [-0.3, -0.25) is 4.79 Å². The number of aromatic hydroxyl groups is 1. The highest BCUT2D eigenvalue weighted by Gasteiger charge is 2.24. The van der Waals surface area contributed by atoms with E-state index in [0.29, 0.717) is 0 Å². The Labute approximate surface area is 103 Å². The van der Waals surface area contributed by atoms with Gasteiger partial charge in [-0.15, -0.1) is 0 Å². The van der Waals surface area contributed by atoms with Crippen LogP contribution in [0.4, 0.5) is 13.2 Å². The summed E-state index contributed by atoms with van der Waals surface area (Å²) in [4.78, 5) is 12.8. The van der Waals surface area contributed by atoms with E-state index in [9.17, 15) is 23.1 Å². The smallest absolute Gasteiger partial charge is 0.258 e. The lowest BCUT2D eigenvalue weighted by Crippen LogP contribution is -2.40. The van der Waals surface area contributed by atoms with Gasteiger partial charge in [0.15, 0.2) is 0 Å². The van der Waals surface area contributed by atoms with Crippen molar-refractivity contribution in [1.82, 2.24) is 4.90 Å². The molecule has 100 valence electrons. The Bertz CT molecular complexity index is 435.